The van der Waals surface area contributed by atoms with Crippen LogP contribution in [0.5, 0.6) is 0 Å². The van der Waals surface area contributed by atoms with E-state index in [1.165, 1.54) is 70.6 Å². The van der Waals surface area contributed by atoms with Gasteiger partial charge in [-0.1, -0.05) is 44.9 Å². The van der Waals surface area contributed by atoms with Gasteiger partial charge in [0.25, 0.3) is 0 Å². The Hall–Kier alpha value is -0.570. The normalized spacial score (nSPS) is 22.4. The van der Waals surface area contributed by atoms with E-state index in [-0.39, 0.29) is 5.91 Å². The highest BCUT2D eigenvalue weighted by atomic mass is 16.1. The van der Waals surface area contributed by atoms with Crippen molar-refractivity contribution in [2.45, 2.75) is 83.1 Å². The molecular formula is C17H32N2O. The Kier molecular flexibility index (Phi) is 7.42. The third-order valence-corrected chi connectivity index (χ3v) is 4.93. The second-order valence-electron chi connectivity index (χ2n) is 6.70. The van der Waals surface area contributed by atoms with Gasteiger partial charge in [0.15, 0.2) is 0 Å². The Labute approximate surface area is 124 Å². The van der Waals surface area contributed by atoms with E-state index in [9.17, 15) is 4.79 Å². The fraction of sp³-hybridized carbons (Fsp3) is 0.941. The summed E-state index contributed by atoms with van der Waals surface area (Å²) >= 11 is 0. The zero-order valence-corrected chi connectivity index (χ0v) is 13.0. The van der Waals surface area contributed by atoms with Crippen molar-refractivity contribution in [1.82, 2.24) is 10.6 Å². The molecule has 0 saturated heterocycles. The molecule has 2 saturated carbocycles. The van der Waals surface area contributed by atoms with Crippen LogP contribution in [0.25, 0.3) is 0 Å². The number of amides is 1. The van der Waals surface area contributed by atoms with Crippen LogP contribution in [0, 0.1) is 5.92 Å². The highest BCUT2D eigenvalue weighted by molar-refractivity contribution is 5.76. The molecular weight excluding hydrogens is 248 g/mol. The first-order valence-electron chi connectivity index (χ1n) is 8.84. The monoisotopic (exact) mass is 280 g/mol. The molecule has 3 heteroatoms. The van der Waals surface area contributed by atoms with E-state index in [1.54, 1.807) is 0 Å². The van der Waals surface area contributed by atoms with Gasteiger partial charge in [-0.2, -0.15) is 0 Å². The van der Waals surface area contributed by atoms with Crippen LogP contribution in [0.15, 0.2) is 0 Å². The largest absolute Gasteiger partial charge is 0.355 e. The third kappa shape index (κ3) is 6.25. The van der Waals surface area contributed by atoms with E-state index < -0.39 is 0 Å². The molecule has 0 aromatic rings. The Morgan fingerprint density at radius 1 is 0.800 bits per heavy atom. The van der Waals surface area contributed by atoms with E-state index in [0.717, 1.165) is 19.5 Å². The summed E-state index contributed by atoms with van der Waals surface area (Å²) in [5.41, 5.74) is 0. The van der Waals surface area contributed by atoms with Gasteiger partial charge in [0.2, 0.25) is 5.91 Å². The maximum absolute atomic E-state index is 11.9. The van der Waals surface area contributed by atoms with Crippen LogP contribution in [-0.2, 0) is 4.79 Å². The minimum atomic E-state index is 0.263. The number of rotatable bonds is 6. The van der Waals surface area contributed by atoms with Crippen molar-refractivity contribution in [2.75, 3.05) is 13.1 Å². The van der Waals surface area contributed by atoms with Crippen molar-refractivity contribution in [1.29, 1.82) is 0 Å². The predicted molar refractivity (Wildman–Crippen MR) is 83.7 cm³/mol. The minimum Gasteiger partial charge on any atom is -0.355 e. The van der Waals surface area contributed by atoms with E-state index in [2.05, 4.69) is 10.6 Å². The lowest BCUT2D eigenvalue weighted by atomic mass is 9.87. The summed E-state index contributed by atoms with van der Waals surface area (Å²) in [5, 5.41) is 6.69. The van der Waals surface area contributed by atoms with Gasteiger partial charge in [0, 0.05) is 25.6 Å². The summed E-state index contributed by atoms with van der Waals surface area (Å²) in [6.45, 7) is 1.73. The molecule has 0 aromatic heterocycles. The van der Waals surface area contributed by atoms with Gasteiger partial charge < -0.3 is 10.6 Å². The lowest BCUT2D eigenvalue weighted by Crippen LogP contribution is -2.37. The third-order valence-electron chi connectivity index (χ3n) is 4.93. The molecule has 0 bridgehead atoms. The zero-order chi connectivity index (χ0) is 14.0. The molecule has 20 heavy (non-hydrogen) atoms. The molecule has 1 amide bonds. The first-order valence-corrected chi connectivity index (χ1v) is 8.84. The second kappa shape index (κ2) is 9.38. The SMILES string of the molecule is O=C(CC1CCCCC1)NCCNC1CCCCCC1. The minimum absolute atomic E-state index is 0.263. The Bertz CT molecular complexity index is 266. The maximum atomic E-state index is 11.9. The van der Waals surface area contributed by atoms with E-state index in [0.29, 0.717) is 12.0 Å². The number of nitrogens with one attached hydrogen (secondary N) is 2. The molecule has 2 rings (SSSR count). The van der Waals surface area contributed by atoms with Crippen LogP contribution in [-0.4, -0.2) is 25.0 Å². The number of hydrogen-bond donors (Lipinski definition) is 2. The van der Waals surface area contributed by atoms with Crippen LogP contribution >= 0.6 is 0 Å². The molecule has 0 heterocycles. The summed E-state index contributed by atoms with van der Waals surface area (Å²) < 4.78 is 0. The average molecular weight is 280 g/mol. The van der Waals surface area contributed by atoms with Crippen molar-refractivity contribution >= 4 is 5.91 Å². The van der Waals surface area contributed by atoms with E-state index in [1.807, 2.05) is 0 Å². The summed E-state index contributed by atoms with van der Waals surface area (Å²) in [4.78, 5) is 11.9. The second-order valence-corrected chi connectivity index (χ2v) is 6.70. The van der Waals surface area contributed by atoms with Crippen molar-refractivity contribution < 1.29 is 4.79 Å². The van der Waals surface area contributed by atoms with Crippen LogP contribution in [0.4, 0.5) is 0 Å². The zero-order valence-electron chi connectivity index (χ0n) is 13.0. The molecule has 0 unspecified atom stereocenters. The molecule has 0 aromatic carbocycles. The molecule has 2 aliphatic rings. The van der Waals surface area contributed by atoms with Crippen LogP contribution in [0.1, 0.15) is 77.0 Å². The Balaban J connectivity index is 1.50. The van der Waals surface area contributed by atoms with E-state index >= 15 is 0 Å². The predicted octanol–water partition coefficient (Wildman–Crippen LogP) is 3.39. The molecule has 0 spiro atoms. The standard InChI is InChI=1S/C17H32N2O/c20-17(14-15-8-4-3-5-9-15)19-13-12-18-16-10-6-1-2-7-11-16/h15-16,18H,1-14H2,(H,19,20). The smallest absolute Gasteiger partial charge is 0.220 e. The topological polar surface area (TPSA) is 41.1 Å². The van der Waals surface area contributed by atoms with Gasteiger partial charge in [0.05, 0.1) is 0 Å². The lowest BCUT2D eigenvalue weighted by Gasteiger charge is -2.21. The molecule has 2 fully saturated rings. The molecule has 2 aliphatic carbocycles. The molecule has 3 nitrogen and oxygen atoms in total. The molecule has 116 valence electrons. The van der Waals surface area contributed by atoms with E-state index in [4.69, 9.17) is 0 Å². The Morgan fingerprint density at radius 2 is 1.40 bits per heavy atom. The summed E-state index contributed by atoms with van der Waals surface area (Å²) in [5.74, 6) is 0.915. The number of hydrogen-bond acceptors (Lipinski definition) is 2. The highest BCUT2D eigenvalue weighted by Crippen LogP contribution is 2.25. The molecule has 2 N–H and O–H groups in total. The van der Waals surface area contributed by atoms with Gasteiger partial charge >= 0.3 is 0 Å². The lowest BCUT2D eigenvalue weighted by molar-refractivity contribution is -0.122. The van der Waals surface area contributed by atoms with Crippen LogP contribution in [0.2, 0.25) is 0 Å². The first-order chi connectivity index (χ1) is 9.84. The van der Waals surface area contributed by atoms with Gasteiger partial charge in [-0.3, -0.25) is 4.79 Å². The quantitative estimate of drug-likeness (QED) is 0.578. The Morgan fingerprint density at radius 3 is 2.10 bits per heavy atom. The van der Waals surface area contributed by atoms with Crippen molar-refractivity contribution in [2.24, 2.45) is 5.92 Å². The number of carbonyl (C=O) groups excluding carboxylic acids is 1. The fourth-order valence-electron chi connectivity index (χ4n) is 3.69. The van der Waals surface area contributed by atoms with Gasteiger partial charge in [-0.25, -0.2) is 0 Å². The maximum Gasteiger partial charge on any atom is 0.220 e. The fourth-order valence-corrected chi connectivity index (χ4v) is 3.69. The van der Waals surface area contributed by atoms with Crippen molar-refractivity contribution in [3.63, 3.8) is 0 Å². The van der Waals surface area contributed by atoms with Gasteiger partial charge in [0.1, 0.15) is 0 Å². The number of carbonyl (C=O) groups is 1. The first kappa shape index (κ1) is 15.8. The average Bonchev–Trinajstić information content (AvgIpc) is 2.73. The molecule has 0 aliphatic heterocycles. The van der Waals surface area contributed by atoms with Crippen LogP contribution < -0.4 is 10.6 Å². The summed E-state index contributed by atoms with van der Waals surface area (Å²) in [6, 6.07) is 0.688. The van der Waals surface area contributed by atoms with Crippen molar-refractivity contribution in [3.8, 4) is 0 Å². The summed E-state index contributed by atoms with van der Waals surface area (Å²) in [7, 11) is 0. The summed E-state index contributed by atoms with van der Waals surface area (Å²) in [6.07, 6.45) is 15.4. The van der Waals surface area contributed by atoms with Crippen molar-refractivity contribution in [3.05, 3.63) is 0 Å². The van der Waals surface area contributed by atoms with Gasteiger partial charge in [-0.15, -0.1) is 0 Å². The van der Waals surface area contributed by atoms with Crippen LogP contribution in [0.3, 0.4) is 0 Å². The molecule has 0 atom stereocenters. The highest BCUT2D eigenvalue weighted by Gasteiger charge is 2.16. The molecule has 0 radical (unpaired) electrons. The van der Waals surface area contributed by atoms with Gasteiger partial charge in [-0.05, 0) is 31.6 Å².